The number of aromatic nitrogens is 3. The van der Waals surface area contributed by atoms with Gasteiger partial charge in [0.2, 0.25) is 0 Å². The number of fused-ring (bicyclic) bond motifs is 1. The summed E-state index contributed by atoms with van der Waals surface area (Å²) in [6.07, 6.45) is 1.69. The second-order valence-electron chi connectivity index (χ2n) is 3.87. The Morgan fingerprint density at radius 2 is 2.17 bits per heavy atom. The van der Waals surface area contributed by atoms with Crippen LogP contribution in [0.5, 0.6) is 0 Å². The van der Waals surface area contributed by atoms with Gasteiger partial charge in [-0.2, -0.15) is 5.10 Å². The Morgan fingerprint density at radius 1 is 1.33 bits per heavy atom. The van der Waals surface area contributed by atoms with Crippen molar-refractivity contribution in [3.63, 3.8) is 0 Å². The SMILES string of the molecule is Nc1nc(Cn2ncc3ccccc3c2=O)cs1. The molecule has 0 amide bonds. The first-order valence-corrected chi connectivity index (χ1v) is 6.27. The van der Waals surface area contributed by atoms with Crippen molar-refractivity contribution in [1.82, 2.24) is 14.8 Å². The summed E-state index contributed by atoms with van der Waals surface area (Å²) in [5.41, 5.74) is 6.20. The molecule has 2 heterocycles. The summed E-state index contributed by atoms with van der Waals surface area (Å²) < 4.78 is 1.40. The summed E-state index contributed by atoms with van der Waals surface area (Å²) in [7, 11) is 0. The molecule has 6 heteroatoms. The van der Waals surface area contributed by atoms with Crippen LogP contribution in [-0.4, -0.2) is 14.8 Å². The van der Waals surface area contributed by atoms with Crippen molar-refractivity contribution < 1.29 is 0 Å². The van der Waals surface area contributed by atoms with Gasteiger partial charge in [-0.1, -0.05) is 18.2 Å². The van der Waals surface area contributed by atoms with Crippen molar-refractivity contribution in [3.05, 3.63) is 51.9 Å². The van der Waals surface area contributed by atoms with Gasteiger partial charge in [-0.25, -0.2) is 9.67 Å². The summed E-state index contributed by atoms with van der Waals surface area (Å²) in [6.45, 7) is 0.345. The smallest absolute Gasteiger partial charge is 0.274 e. The van der Waals surface area contributed by atoms with Crippen LogP contribution in [0.3, 0.4) is 0 Å². The van der Waals surface area contributed by atoms with E-state index in [0.29, 0.717) is 17.1 Å². The van der Waals surface area contributed by atoms with Crippen LogP contribution in [0.15, 0.2) is 40.6 Å². The maximum Gasteiger partial charge on any atom is 0.274 e. The number of nitrogens with zero attached hydrogens (tertiary/aromatic N) is 3. The largest absolute Gasteiger partial charge is 0.375 e. The summed E-state index contributed by atoms with van der Waals surface area (Å²) in [6, 6.07) is 7.39. The zero-order valence-corrected chi connectivity index (χ0v) is 10.2. The van der Waals surface area contributed by atoms with Crippen LogP contribution in [0, 0.1) is 0 Å². The van der Waals surface area contributed by atoms with E-state index in [1.54, 1.807) is 12.3 Å². The number of rotatable bonds is 2. The Labute approximate surface area is 107 Å². The molecule has 0 saturated heterocycles. The third-order valence-corrected chi connectivity index (χ3v) is 3.37. The van der Waals surface area contributed by atoms with Crippen LogP contribution in [0.4, 0.5) is 5.13 Å². The molecular formula is C12H10N4OS. The lowest BCUT2D eigenvalue weighted by Gasteiger charge is -2.03. The topological polar surface area (TPSA) is 73.8 Å². The average Bonchev–Trinajstić information content (AvgIpc) is 2.79. The van der Waals surface area contributed by atoms with E-state index in [-0.39, 0.29) is 5.56 Å². The van der Waals surface area contributed by atoms with Gasteiger partial charge in [0.25, 0.3) is 5.56 Å². The molecule has 0 bridgehead atoms. The summed E-state index contributed by atoms with van der Waals surface area (Å²) in [5, 5.41) is 7.98. The third kappa shape index (κ3) is 1.86. The first kappa shape index (κ1) is 10.9. The molecule has 2 N–H and O–H groups in total. The Morgan fingerprint density at radius 3 is 2.94 bits per heavy atom. The molecule has 0 spiro atoms. The van der Waals surface area contributed by atoms with Gasteiger partial charge in [0.1, 0.15) is 0 Å². The standard InChI is InChI=1S/C12H10N4OS/c13-12-15-9(7-18-12)6-16-11(17)10-4-2-1-3-8(10)5-14-16/h1-5,7H,6H2,(H2,13,15). The Kier molecular flexibility index (Phi) is 2.56. The molecule has 0 atom stereocenters. The van der Waals surface area contributed by atoms with E-state index in [4.69, 9.17) is 5.73 Å². The first-order valence-electron chi connectivity index (χ1n) is 5.39. The number of nitrogens with two attached hydrogens (primary N) is 1. The number of thiazole rings is 1. The molecular weight excluding hydrogens is 248 g/mol. The van der Waals surface area contributed by atoms with Gasteiger partial charge < -0.3 is 5.73 Å². The predicted octanol–water partition coefficient (Wildman–Crippen LogP) is 1.48. The predicted molar refractivity (Wildman–Crippen MR) is 71.6 cm³/mol. The fourth-order valence-electron chi connectivity index (χ4n) is 1.79. The van der Waals surface area contributed by atoms with Crippen LogP contribution >= 0.6 is 11.3 Å². The van der Waals surface area contributed by atoms with E-state index in [9.17, 15) is 4.79 Å². The van der Waals surface area contributed by atoms with Crippen molar-refractivity contribution in [3.8, 4) is 0 Å². The maximum atomic E-state index is 12.2. The molecule has 0 saturated carbocycles. The molecule has 0 unspecified atom stereocenters. The summed E-state index contributed by atoms with van der Waals surface area (Å²) >= 11 is 1.36. The molecule has 90 valence electrons. The molecule has 2 aromatic heterocycles. The van der Waals surface area contributed by atoms with Crippen LogP contribution in [0.1, 0.15) is 5.69 Å². The number of benzene rings is 1. The van der Waals surface area contributed by atoms with Gasteiger partial charge in [0, 0.05) is 10.8 Å². The molecule has 0 fully saturated rings. The van der Waals surface area contributed by atoms with Crippen LogP contribution in [0.25, 0.3) is 10.8 Å². The fraction of sp³-hybridized carbons (Fsp3) is 0.0833. The number of anilines is 1. The monoisotopic (exact) mass is 258 g/mol. The molecule has 0 aliphatic rings. The summed E-state index contributed by atoms with van der Waals surface area (Å²) in [5.74, 6) is 0. The molecule has 18 heavy (non-hydrogen) atoms. The maximum absolute atomic E-state index is 12.2. The molecule has 3 rings (SSSR count). The van der Waals surface area contributed by atoms with E-state index in [1.807, 2.05) is 23.6 Å². The highest BCUT2D eigenvalue weighted by atomic mass is 32.1. The molecule has 0 aliphatic heterocycles. The minimum absolute atomic E-state index is 0.111. The van der Waals surface area contributed by atoms with Crippen molar-refractivity contribution in [2.75, 3.05) is 5.73 Å². The van der Waals surface area contributed by atoms with E-state index < -0.39 is 0 Å². The molecule has 1 aromatic carbocycles. The van der Waals surface area contributed by atoms with Crippen LogP contribution in [-0.2, 0) is 6.54 Å². The van der Waals surface area contributed by atoms with Crippen molar-refractivity contribution in [2.45, 2.75) is 6.54 Å². The average molecular weight is 258 g/mol. The lowest BCUT2D eigenvalue weighted by Crippen LogP contribution is -2.23. The van der Waals surface area contributed by atoms with Crippen molar-refractivity contribution in [2.24, 2.45) is 0 Å². The molecule has 0 aliphatic carbocycles. The van der Waals surface area contributed by atoms with Crippen LogP contribution in [0.2, 0.25) is 0 Å². The zero-order chi connectivity index (χ0) is 12.5. The molecule has 0 radical (unpaired) electrons. The second-order valence-corrected chi connectivity index (χ2v) is 4.76. The molecule has 5 nitrogen and oxygen atoms in total. The highest BCUT2D eigenvalue weighted by molar-refractivity contribution is 7.13. The normalized spacial score (nSPS) is 10.9. The number of hydrogen-bond donors (Lipinski definition) is 1. The minimum Gasteiger partial charge on any atom is -0.375 e. The fourth-order valence-corrected chi connectivity index (χ4v) is 2.34. The van der Waals surface area contributed by atoms with E-state index >= 15 is 0 Å². The van der Waals surface area contributed by atoms with Gasteiger partial charge in [0.05, 0.1) is 23.8 Å². The Bertz CT molecular complexity index is 762. The highest BCUT2D eigenvalue weighted by Gasteiger charge is 2.06. The first-order chi connectivity index (χ1) is 8.74. The lowest BCUT2D eigenvalue weighted by molar-refractivity contribution is 0.638. The quantitative estimate of drug-likeness (QED) is 0.755. The van der Waals surface area contributed by atoms with Crippen molar-refractivity contribution in [1.29, 1.82) is 0 Å². The molecule has 3 aromatic rings. The van der Waals surface area contributed by atoms with Crippen molar-refractivity contribution >= 4 is 27.2 Å². The third-order valence-electron chi connectivity index (χ3n) is 2.64. The minimum atomic E-state index is -0.111. The highest BCUT2D eigenvalue weighted by Crippen LogP contribution is 2.12. The van der Waals surface area contributed by atoms with E-state index in [0.717, 1.165) is 11.1 Å². The number of hydrogen-bond acceptors (Lipinski definition) is 5. The van der Waals surface area contributed by atoms with Gasteiger partial charge in [-0.05, 0) is 6.07 Å². The Balaban J connectivity index is 2.08. The van der Waals surface area contributed by atoms with Crippen LogP contribution < -0.4 is 11.3 Å². The Hall–Kier alpha value is -2.21. The van der Waals surface area contributed by atoms with Gasteiger partial charge in [0.15, 0.2) is 5.13 Å². The number of nitrogen functional groups attached to an aromatic ring is 1. The van der Waals surface area contributed by atoms with Gasteiger partial charge in [-0.3, -0.25) is 4.79 Å². The van der Waals surface area contributed by atoms with E-state index in [1.165, 1.54) is 16.0 Å². The van der Waals surface area contributed by atoms with Gasteiger partial charge >= 0.3 is 0 Å². The zero-order valence-electron chi connectivity index (χ0n) is 9.41. The van der Waals surface area contributed by atoms with E-state index in [2.05, 4.69) is 10.1 Å². The van der Waals surface area contributed by atoms with Gasteiger partial charge in [-0.15, -0.1) is 11.3 Å². The second kappa shape index (κ2) is 4.23. The summed E-state index contributed by atoms with van der Waals surface area (Å²) in [4.78, 5) is 16.3. The lowest BCUT2D eigenvalue weighted by atomic mass is 10.2.